The summed E-state index contributed by atoms with van der Waals surface area (Å²) in [5.41, 5.74) is -0.194. The minimum absolute atomic E-state index is 0.194. The maximum Gasteiger partial charge on any atom is 0.417 e. The molecule has 0 amide bonds. The van der Waals surface area contributed by atoms with Gasteiger partial charge in [-0.05, 0) is 32.9 Å². The molecule has 0 radical (unpaired) electrons. The second-order valence-corrected chi connectivity index (χ2v) is 5.71. The minimum atomic E-state index is -0.915. The highest BCUT2D eigenvalue weighted by Crippen LogP contribution is 2.21. The molecule has 18 heavy (non-hydrogen) atoms. The molecule has 0 aromatic heterocycles. The van der Waals surface area contributed by atoms with E-state index in [1.54, 1.807) is 6.92 Å². The van der Waals surface area contributed by atoms with Crippen molar-refractivity contribution in [2.24, 2.45) is 5.41 Å². The first-order valence-electron chi connectivity index (χ1n) is 6.17. The molecule has 0 aliphatic heterocycles. The smallest absolute Gasteiger partial charge is 0.417 e. The molecule has 1 atom stereocenters. The van der Waals surface area contributed by atoms with Crippen LogP contribution >= 0.6 is 0 Å². The number of ether oxygens (including phenoxy) is 2. The molecule has 0 saturated heterocycles. The van der Waals surface area contributed by atoms with Gasteiger partial charge in [0.25, 0.3) is 0 Å². The third-order valence-corrected chi connectivity index (χ3v) is 2.65. The second kappa shape index (κ2) is 7.36. The van der Waals surface area contributed by atoms with Crippen LogP contribution in [0, 0.1) is 5.41 Å². The lowest BCUT2D eigenvalue weighted by Gasteiger charge is -2.26. The normalized spacial score (nSPS) is 13.3. The zero-order chi connectivity index (χ0) is 14.3. The van der Waals surface area contributed by atoms with E-state index in [0.717, 1.165) is 6.54 Å². The molecule has 0 spiro atoms. The van der Waals surface area contributed by atoms with Crippen LogP contribution in [0.5, 0.6) is 0 Å². The second-order valence-electron chi connectivity index (χ2n) is 5.71. The lowest BCUT2D eigenvalue weighted by molar-refractivity contribution is -0.173. The molecule has 0 aromatic carbocycles. The maximum absolute atomic E-state index is 11.4. The molecule has 0 bridgehead atoms. The summed E-state index contributed by atoms with van der Waals surface area (Å²) in [6, 6.07) is 0. The fourth-order valence-corrected chi connectivity index (χ4v) is 0.990. The summed E-state index contributed by atoms with van der Waals surface area (Å²) >= 11 is 0. The minimum Gasteiger partial charge on any atom is -0.457 e. The fraction of sp³-hybridized carbons (Fsp3) is 0.846. The maximum atomic E-state index is 11.4. The van der Waals surface area contributed by atoms with E-state index in [1.165, 1.54) is 0 Å². The van der Waals surface area contributed by atoms with Gasteiger partial charge < -0.3 is 14.4 Å². The van der Waals surface area contributed by atoms with E-state index in [2.05, 4.69) is 0 Å². The van der Waals surface area contributed by atoms with Crippen molar-refractivity contribution < 1.29 is 19.1 Å². The van der Waals surface area contributed by atoms with Gasteiger partial charge in [0.1, 0.15) is 6.10 Å². The molecule has 0 saturated carbocycles. The van der Waals surface area contributed by atoms with Gasteiger partial charge in [-0.3, -0.25) is 0 Å². The van der Waals surface area contributed by atoms with Gasteiger partial charge in [0.05, 0.1) is 6.61 Å². The van der Waals surface area contributed by atoms with Gasteiger partial charge in [-0.2, -0.15) is 0 Å². The summed E-state index contributed by atoms with van der Waals surface area (Å²) in [7, 11) is 3.86. The van der Waals surface area contributed by atoms with Gasteiger partial charge in [0.15, 0.2) is 0 Å². The number of hydrogen-bond acceptors (Lipinski definition) is 5. The van der Waals surface area contributed by atoms with Crippen molar-refractivity contribution in [2.45, 2.75) is 40.2 Å². The van der Waals surface area contributed by atoms with Crippen LogP contribution in [0.1, 0.15) is 34.1 Å². The molecule has 0 aliphatic carbocycles. The summed E-state index contributed by atoms with van der Waals surface area (Å²) in [6.07, 6.45) is 0.361. The molecule has 5 nitrogen and oxygen atoms in total. The summed E-state index contributed by atoms with van der Waals surface area (Å²) in [6.45, 7) is 8.61. The van der Waals surface area contributed by atoms with E-state index >= 15 is 0 Å². The summed E-state index contributed by atoms with van der Waals surface area (Å²) in [5.74, 6) is -1.83. The lowest BCUT2D eigenvalue weighted by atomic mass is 9.90. The molecule has 0 aliphatic rings. The molecule has 0 fully saturated rings. The Morgan fingerprint density at radius 2 is 1.72 bits per heavy atom. The number of nitrogens with zero attached hydrogens (tertiary/aromatic N) is 1. The molecule has 106 valence electrons. The van der Waals surface area contributed by atoms with Gasteiger partial charge in [0, 0.05) is 6.54 Å². The SMILES string of the molecule is C[C@@H](OC(=O)C(=O)OCCCN(C)C)C(C)(C)C. The first-order valence-corrected chi connectivity index (χ1v) is 6.17. The summed E-state index contributed by atoms with van der Waals surface area (Å²) < 4.78 is 9.86. The number of esters is 2. The van der Waals surface area contributed by atoms with Crippen molar-refractivity contribution >= 4 is 11.9 Å². The van der Waals surface area contributed by atoms with E-state index in [1.807, 2.05) is 39.8 Å². The first kappa shape index (κ1) is 16.9. The Bertz CT molecular complexity index is 281. The third-order valence-electron chi connectivity index (χ3n) is 2.65. The number of carbonyl (C=O) groups is 2. The predicted molar refractivity (Wildman–Crippen MR) is 69.1 cm³/mol. The predicted octanol–water partition coefficient (Wildman–Crippen LogP) is 1.46. The molecule has 0 rings (SSSR count). The van der Waals surface area contributed by atoms with Crippen molar-refractivity contribution in [1.29, 1.82) is 0 Å². The summed E-state index contributed by atoms with van der Waals surface area (Å²) in [4.78, 5) is 24.7. The van der Waals surface area contributed by atoms with Gasteiger partial charge in [0.2, 0.25) is 0 Å². The van der Waals surface area contributed by atoms with E-state index < -0.39 is 11.9 Å². The van der Waals surface area contributed by atoms with E-state index in [4.69, 9.17) is 9.47 Å². The van der Waals surface area contributed by atoms with Gasteiger partial charge >= 0.3 is 11.9 Å². The Hall–Kier alpha value is -1.10. The van der Waals surface area contributed by atoms with E-state index in [0.29, 0.717) is 6.42 Å². The lowest BCUT2D eigenvalue weighted by Crippen LogP contribution is -2.32. The molecule has 5 heteroatoms. The third kappa shape index (κ3) is 7.27. The zero-order valence-electron chi connectivity index (χ0n) is 12.3. The van der Waals surface area contributed by atoms with Crippen LogP contribution in [0.4, 0.5) is 0 Å². The highest BCUT2D eigenvalue weighted by molar-refractivity contribution is 6.29. The van der Waals surface area contributed by atoms with E-state index in [9.17, 15) is 9.59 Å². The van der Waals surface area contributed by atoms with Crippen molar-refractivity contribution in [1.82, 2.24) is 4.90 Å². The molecule has 0 unspecified atom stereocenters. The van der Waals surface area contributed by atoms with Gasteiger partial charge in [-0.15, -0.1) is 0 Å². The average molecular weight is 259 g/mol. The number of hydrogen-bond donors (Lipinski definition) is 0. The topological polar surface area (TPSA) is 55.8 Å². The largest absolute Gasteiger partial charge is 0.457 e. The Morgan fingerprint density at radius 1 is 1.17 bits per heavy atom. The molecule has 0 N–H and O–H groups in total. The van der Waals surface area contributed by atoms with Crippen LogP contribution in [-0.2, 0) is 19.1 Å². The fourth-order valence-electron chi connectivity index (χ4n) is 0.990. The Labute approximate surface area is 109 Å². The van der Waals surface area contributed by atoms with Crippen LogP contribution < -0.4 is 0 Å². The summed E-state index contributed by atoms with van der Waals surface area (Å²) in [5, 5.41) is 0. The Morgan fingerprint density at radius 3 is 2.17 bits per heavy atom. The zero-order valence-corrected chi connectivity index (χ0v) is 12.3. The highest BCUT2D eigenvalue weighted by atomic mass is 16.6. The van der Waals surface area contributed by atoms with Crippen LogP contribution in [0.2, 0.25) is 0 Å². The van der Waals surface area contributed by atoms with Crippen LogP contribution in [-0.4, -0.2) is 50.2 Å². The molecular weight excluding hydrogens is 234 g/mol. The van der Waals surface area contributed by atoms with Crippen LogP contribution in [0.3, 0.4) is 0 Å². The van der Waals surface area contributed by atoms with Crippen molar-refractivity contribution in [3.05, 3.63) is 0 Å². The van der Waals surface area contributed by atoms with Crippen LogP contribution in [0.15, 0.2) is 0 Å². The monoisotopic (exact) mass is 259 g/mol. The number of rotatable bonds is 5. The number of carbonyl (C=O) groups excluding carboxylic acids is 2. The Balaban J connectivity index is 3.94. The van der Waals surface area contributed by atoms with Gasteiger partial charge in [-0.25, -0.2) is 9.59 Å². The van der Waals surface area contributed by atoms with E-state index in [-0.39, 0.29) is 18.1 Å². The standard InChI is InChI=1S/C13H25NO4/c1-10(13(2,3)4)18-12(16)11(15)17-9-7-8-14(5)6/h10H,7-9H2,1-6H3/t10-/m1/s1. The van der Waals surface area contributed by atoms with Gasteiger partial charge in [-0.1, -0.05) is 20.8 Å². The van der Waals surface area contributed by atoms with Crippen LogP contribution in [0.25, 0.3) is 0 Å². The molecule has 0 heterocycles. The van der Waals surface area contributed by atoms with Crippen molar-refractivity contribution in [2.75, 3.05) is 27.2 Å². The average Bonchev–Trinajstić information content (AvgIpc) is 2.22. The van der Waals surface area contributed by atoms with Crippen molar-refractivity contribution in [3.63, 3.8) is 0 Å². The Kier molecular flexibility index (Phi) is 6.91. The molecular formula is C13H25NO4. The van der Waals surface area contributed by atoms with Crippen molar-refractivity contribution in [3.8, 4) is 0 Å². The first-order chi connectivity index (χ1) is 8.14. The highest BCUT2D eigenvalue weighted by Gasteiger charge is 2.27. The molecule has 0 aromatic rings. The quantitative estimate of drug-likeness (QED) is 0.425.